The Morgan fingerprint density at radius 2 is 1.81 bits per heavy atom. The third-order valence-electron chi connectivity index (χ3n) is 3.29. The maximum Gasteiger partial charge on any atom is 0.151 e. The van der Waals surface area contributed by atoms with Gasteiger partial charge in [-0.05, 0) is 12.1 Å². The van der Waals surface area contributed by atoms with Crippen molar-refractivity contribution >= 4 is 36.4 Å². The number of nitrogens with one attached hydrogen (secondary N) is 1. The van der Waals surface area contributed by atoms with Crippen molar-refractivity contribution in [1.29, 1.82) is 0 Å². The van der Waals surface area contributed by atoms with E-state index in [2.05, 4.69) is 15.4 Å². The zero-order valence-corrected chi connectivity index (χ0v) is 13.8. The van der Waals surface area contributed by atoms with Crippen molar-refractivity contribution in [3.63, 3.8) is 0 Å². The second kappa shape index (κ2) is 8.61. The lowest BCUT2D eigenvalue weighted by Crippen LogP contribution is -2.42. The number of hydrogen-bond donors (Lipinski definition) is 1. The summed E-state index contributed by atoms with van der Waals surface area (Å²) in [5, 5.41) is 8.19. The summed E-state index contributed by atoms with van der Waals surface area (Å²) in [5.74, 6) is 0.909. The first-order valence-corrected chi connectivity index (χ1v) is 6.84. The number of hydrogen-bond acceptors (Lipinski definition) is 4. The highest BCUT2D eigenvalue weighted by Crippen LogP contribution is 2.21. The van der Waals surface area contributed by atoms with Gasteiger partial charge in [-0.2, -0.15) is 0 Å². The van der Waals surface area contributed by atoms with Crippen LogP contribution in [0, 0.1) is 0 Å². The van der Waals surface area contributed by atoms with Gasteiger partial charge in [0.1, 0.15) is 5.69 Å². The van der Waals surface area contributed by atoms with Crippen LogP contribution in [0.3, 0.4) is 0 Å². The number of aromatic nitrogens is 1. The highest BCUT2D eigenvalue weighted by molar-refractivity contribution is 6.30. The third kappa shape index (κ3) is 4.87. The fraction of sp³-hybridized carbons (Fsp3) is 0.357. The van der Waals surface area contributed by atoms with Crippen molar-refractivity contribution in [2.45, 2.75) is 6.54 Å². The number of rotatable bonds is 3. The molecule has 0 amide bonds. The maximum absolute atomic E-state index is 5.88. The van der Waals surface area contributed by atoms with Crippen LogP contribution in [-0.4, -0.2) is 36.2 Å². The molecule has 116 valence electrons. The van der Waals surface area contributed by atoms with Crippen LogP contribution < -0.4 is 5.32 Å². The fourth-order valence-electron chi connectivity index (χ4n) is 2.23. The Labute approximate surface area is 141 Å². The Bertz CT molecular complexity index is 539. The van der Waals surface area contributed by atoms with Crippen LogP contribution in [0.15, 0.2) is 34.9 Å². The van der Waals surface area contributed by atoms with E-state index in [1.165, 1.54) is 0 Å². The third-order valence-corrected chi connectivity index (χ3v) is 3.54. The average molecular weight is 351 g/mol. The second-order valence-electron chi connectivity index (χ2n) is 4.71. The van der Waals surface area contributed by atoms with Gasteiger partial charge in [-0.3, -0.25) is 4.90 Å². The Balaban J connectivity index is 0.00000110. The molecule has 0 unspecified atom stereocenters. The summed E-state index contributed by atoms with van der Waals surface area (Å²) in [5.41, 5.74) is 1.89. The minimum absolute atomic E-state index is 0. The van der Waals surface area contributed by atoms with E-state index < -0.39 is 0 Å². The number of halogens is 3. The first-order valence-electron chi connectivity index (χ1n) is 6.46. The predicted octanol–water partition coefficient (Wildman–Crippen LogP) is 3.24. The molecule has 0 atom stereocenters. The van der Waals surface area contributed by atoms with Crippen LogP contribution in [-0.2, 0) is 6.54 Å². The molecule has 1 aliphatic rings. The summed E-state index contributed by atoms with van der Waals surface area (Å²) >= 11 is 5.88. The van der Waals surface area contributed by atoms with Gasteiger partial charge in [-0.15, -0.1) is 24.8 Å². The molecule has 0 radical (unpaired) electrons. The fourth-order valence-corrected chi connectivity index (χ4v) is 2.36. The van der Waals surface area contributed by atoms with E-state index in [9.17, 15) is 0 Å². The Morgan fingerprint density at radius 3 is 2.48 bits per heavy atom. The molecule has 0 spiro atoms. The molecule has 0 bridgehead atoms. The second-order valence-corrected chi connectivity index (χ2v) is 5.15. The molecule has 3 rings (SSSR count). The molecule has 1 aromatic heterocycles. The van der Waals surface area contributed by atoms with E-state index in [0.717, 1.165) is 54.8 Å². The molecule has 1 aromatic carbocycles. The van der Waals surface area contributed by atoms with E-state index in [1.807, 2.05) is 30.3 Å². The van der Waals surface area contributed by atoms with Gasteiger partial charge in [0.05, 0.1) is 6.54 Å². The van der Waals surface area contributed by atoms with Gasteiger partial charge >= 0.3 is 0 Å². The Kier molecular flexibility index (Phi) is 7.49. The zero-order chi connectivity index (χ0) is 13.1. The molecular weight excluding hydrogens is 333 g/mol. The van der Waals surface area contributed by atoms with Crippen LogP contribution in [0.2, 0.25) is 5.02 Å². The monoisotopic (exact) mass is 349 g/mol. The van der Waals surface area contributed by atoms with E-state index in [0.29, 0.717) is 0 Å². The van der Waals surface area contributed by atoms with Crippen LogP contribution in [0.1, 0.15) is 5.76 Å². The van der Waals surface area contributed by atoms with Crippen LogP contribution >= 0.6 is 36.4 Å². The minimum atomic E-state index is 0. The van der Waals surface area contributed by atoms with Gasteiger partial charge < -0.3 is 9.84 Å². The molecule has 4 nitrogen and oxygen atoms in total. The van der Waals surface area contributed by atoms with Gasteiger partial charge in [-0.25, -0.2) is 0 Å². The highest BCUT2D eigenvalue weighted by Gasteiger charge is 2.13. The highest BCUT2D eigenvalue weighted by atomic mass is 35.5. The lowest BCUT2D eigenvalue weighted by molar-refractivity contribution is 0.207. The summed E-state index contributed by atoms with van der Waals surface area (Å²) in [6.07, 6.45) is 0. The molecular formula is C14H18Cl3N3O. The molecule has 1 fully saturated rings. The van der Waals surface area contributed by atoms with Crippen molar-refractivity contribution in [1.82, 2.24) is 15.4 Å². The number of piperazine rings is 1. The Morgan fingerprint density at radius 1 is 1.14 bits per heavy atom. The van der Waals surface area contributed by atoms with Gasteiger partial charge in [-0.1, -0.05) is 28.9 Å². The van der Waals surface area contributed by atoms with E-state index >= 15 is 0 Å². The molecule has 2 heterocycles. The molecule has 1 aliphatic heterocycles. The van der Waals surface area contributed by atoms with Crippen molar-refractivity contribution in [3.05, 3.63) is 41.1 Å². The Hall–Kier alpha value is -0.780. The summed E-state index contributed by atoms with van der Waals surface area (Å²) < 4.78 is 5.41. The SMILES string of the molecule is Cl.Cl.Clc1ccc(-c2cc(CN3CCNCC3)on2)cc1. The number of benzene rings is 1. The molecule has 7 heteroatoms. The first-order chi connectivity index (χ1) is 9.31. The van der Waals surface area contributed by atoms with Gasteiger partial charge in [0.15, 0.2) is 5.76 Å². The molecule has 1 N–H and O–H groups in total. The van der Waals surface area contributed by atoms with E-state index in [-0.39, 0.29) is 24.8 Å². The van der Waals surface area contributed by atoms with Crippen LogP contribution in [0.25, 0.3) is 11.3 Å². The van der Waals surface area contributed by atoms with Gasteiger partial charge in [0, 0.05) is 42.8 Å². The topological polar surface area (TPSA) is 41.3 Å². The molecule has 2 aromatic rings. The largest absolute Gasteiger partial charge is 0.359 e. The summed E-state index contributed by atoms with van der Waals surface area (Å²) in [4.78, 5) is 2.36. The summed E-state index contributed by atoms with van der Waals surface area (Å²) in [6.45, 7) is 5.01. The van der Waals surface area contributed by atoms with Crippen LogP contribution in [0.4, 0.5) is 0 Å². The van der Waals surface area contributed by atoms with Gasteiger partial charge in [0.25, 0.3) is 0 Å². The standard InChI is InChI=1S/C14H16ClN3O.2ClH/c15-12-3-1-11(2-4-12)14-9-13(19-17-14)10-18-7-5-16-6-8-18;;/h1-4,9,16H,5-8,10H2;2*1H. The van der Waals surface area contributed by atoms with Crippen molar-refractivity contribution in [2.75, 3.05) is 26.2 Å². The van der Waals surface area contributed by atoms with Crippen LogP contribution in [0.5, 0.6) is 0 Å². The molecule has 0 saturated carbocycles. The normalized spacial score (nSPS) is 15.1. The minimum Gasteiger partial charge on any atom is -0.359 e. The zero-order valence-electron chi connectivity index (χ0n) is 11.4. The van der Waals surface area contributed by atoms with E-state index in [4.69, 9.17) is 16.1 Å². The van der Waals surface area contributed by atoms with Crippen molar-refractivity contribution in [2.24, 2.45) is 0 Å². The lowest BCUT2D eigenvalue weighted by atomic mass is 10.1. The quantitative estimate of drug-likeness (QED) is 0.922. The van der Waals surface area contributed by atoms with Gasteiger partial charge in [0.2, 0.25) is 0 Å². The maximum atomic E-state index is 5.88. The summed E-state index contributed by atoms with van der Waals surface area (Å²) in [7, 11) is 0. The van der Waals surface area contributed by atoms with E-state index in [1.54, 1.807) is 0 Å². The van der Waals surface area contributed by atoms with Crippen molar-refractivity contribution < 1.29 is 4.52 Å². The smallest absolute Gasteiger partial charge is 0.151 e. The molecule has 21 heavy (non-hydrogen) atoms. The van der Waals surface area contributed by atoms with Crippen molar-refractivity contribution in [3.8, 4) is 11.3 Å². The average Bonchev–Trinajstić information content (AvgIpc) is 2.89. The molecule has 0 aliphatic carbocycles. The lowest BCUT2D eigenvalue weighted by Gasteiger charge is -2.25. The predicted molar refractivity (Wildman–Crippen MR) is 89.6 cm³/mol. The molecule has 1 saturated heterocycles. The number of nitrogens with zero attached hydrogens (tertiary/aromatic N) is 2. The summed E-state index contributed by atoms with van der Waals surface area (Å²) in [6, 6.07) is 9.64. The first kappa shape index (κ1) is 18.3.